The van der Waals surface area contributed by atoms with Gasteiger partial charge in [0.2, 0.25) is 0 Å². The van der Waals surface area contributed by atoms with Gasteiger partial charge in [-0.2, -0.15) is 0 Å². The molecule has 0 radical (unpaired) electrons. The number of benzene rings is 2. The molecular formula is C20H20N2. The van der Waals surface area contributed by atoms with Crippen molar-refractivity contribution in [1.82, 2.24) is 9.97 Å². The Morgan fingerprint density at radius 3 is 2.27 bits per heavy atom. The monoisotopic (exact) mass is 288 g/mol. The van der Waals surface area contributed by atoms with Crippen molar-refractivity contribution in [1.29, 1.82) is 0 Å². The van der Waals surface area contributed by atoms with E-state index < -0.39 is 0 Å². The highest BCUT2D eigenvalue weighted by Gasteiger charge is 2.05. The summed E-state index contributed by atoms with van der Waals surface area (Å²) in [6.07, 6.45) is 2.65. The molecule has 22 heavy (non-hydrogen) atoms. The lowest BCUT2D eigenvalue weighted by atomic mass is 10.0. The first-order chi connectivity index (χ1) is 10.7. The van der Waals surface area contributed by atoms with E-state index in [2.05, 4.69) is 78.4 Å². The molecule has 3 aromatic rings. The van der Waals surface area contributed by atoms with Gasteiger partial charge >= 0.3 is 0 Å². The fraction of sp³-hybridized carbons (Fsp3) is 0.200. The molecule has 2 heteroatoms. The molecule has 0 aliphatic rings. The summed E-state index contributed by atoms with van der Waals surface area (Å²) in [4.78, 5) is 8.82. The standard InChI is InChI=1S/C20H20N2/c1-15(2)11-19-13-20(22-14-21-19)18-10-6-9-17(12-18)16-7-4-3-5-8-16/h3-10,12-15H,11H2,1-2H3. The van der Waals surface area contributed by atoms with Gasteiger partial charge in [-0.25, -0.2) is 9.97 Å². The van der Waals surface area contributed by atoms with Crippen LogP contribution < -0.4 is 0 Å². The number of aromatic nitrogens is 2. The summed E-state index contributed by atoms with van der Waals surface area (Å²) in [5, 5.41) is 0. The molecule has 0 amide bonds. The summed E-state index contributed by atoms with van der Waals surface area (Å²) in [5.74, 6) is 0.596. The molecule has 0 atom stereocenters. The van der Waals surface area contributed by atoms with Crippen LogP contribution in [0.1, 0.15) is 19.5 Å². The predicted octanol–water partition coefficient (Wildman–Crippen LogP) is 5.01. The SMILES string of the molecule is CC(C)Cc1cc(-c2cccc(-c3ccccc3)c2)ncn1. The molecule has 1 aromatic heterocycles. The molecule has 2 nitrogen and oxygen atoms in total. The lowest BCUT2D eigenvalue weighted by molar-refractivity contribution is 0.634. The fourth-order valence-electron chi connectivity index (χ4n) is 2.57. The van der Waals surface area contributed by atoms with Gasteiger partial charge in [0.05, 0.1) is 5.69 Å². The number of rotatable bonds is 4. The topological polar surface area (TPSA) is 25.8 Å². The number of hydrogen-bond acceptors (Lipinski definition) is 2. The maximum atomic E-state index is 4.44. The molecule has 0 bridgehead atoms. The minimum absolute atomic E-state index is 0.596. The van der Waals surface area contributed by atoms with E-state index in [1.54, 1.807) is 6.33 Å². The van der Waals surface area contributed by atoms with Crippen LogP contribution in [0.15, 0.2) is 67.0 Å². The molecule has 2 aromatic carbocycles. The Kier molecular flexibility index (Phi) is 4.29. The van der Waals surface area contributed by atoms with Crippen molar-refractivity contribution in [2.75, 3.05) is 0 Å². The normalized spacial score (nSPS) is 10.9. The highest BCUT2D eigenvalue weighted by Crippen LogP contribution is 2.25. The van der Waals surface area contributed by atoms with E-state index in [9.17, 15) is 0 Å². The molecule has 1 heterocycles. The van der Waals surface area contributed by atoms with Crippen molar-refractivity contribution in [3.63, 3.8) is 0 Å². The van der Waals surface area contributed by atoms with Crippen LogP contribution in [0, 0.1) is 5.92 Å². The Hall–Kier alpha value is -2.48. The largest absolute Gasteiger partial charge is 0.241 e. The molecule has 0 unspecified atom stereocenters. The summed E-state index contributed by atoms with van der Waals surface area (Å²) in [7, 11) is 0. The van der Waals surface area contributed by atoms with Crippen molar-refractivity contribution < 1.29 is 0 Å². The minimum Gasteiger partial charge on any atom is -0.241 e. The maximum absolute atomic E-state index is 4.44. The lowest BCUT2D eigenvalue weighted by Gasteiger charge is -2.08. The van der Waals surface area contributed by atoms with Crippen LogP contribution in [0.4, 0.5) is 0 Å². The summed E-state index contributed by atoms with van der Waals surface area (Å²) < 4.78 is 0. The first-order valence-electron chi connectivity index (χ1n) is 7.69. The van der Waals surface area contributed by atoms with Crippen LogP contribution in [0.3, 0.4) is 0 Å². The van der Waals surface area contributed by atoms with Crippen molar-refractivity contribution in [2.24, 2.45) is 5.92 Å². The Labute approximate surface area is 131 Å². The Morgan fingerprint density at radius 2 is 1.50 bits per heavy atom. The van der Waals surface area contributed by atoms with Gasteiger partial charge in [-0.3, -0.25) is 0 Å². The van der Waals surface area contributed by atoms with E-state index in [1.165, 1.54) is 11.1 Å². The third kappa shape index (κ3) is 3.40. The smallest absolute Gasteiger partial charge is 0.116 e. The Bertz CT molecular complexity index is 748. The third-order valence-corrected chi connectivity index (χ3v) is 3.61. The van der Waals surface area contributed by atoms with E-state index in [-0.39, 0.29) is 0 Å². The predicted molar refractivity (Wildman–Crippen MR) is 91.4 cm³/mol. The fourth-order valence-corrected chi connectivity index (χ4v) is 2.57. The van der Waals surface area contributed by atoms with Crippen molar-refractivity contribution in [3.05, 3.63) is 72.7 Å². The second kappa shape index (κ2) is 6.52. The van der Waals surface area contributed by atoms with E-state index in [0.717, 1.165) is 23.4 Å². The van der Waals surface area contributed by atoms with Crippen molar-refractivity contribution >= 4 is 0 Å². The quantitative estimate of drug-likeness (QED) is 0.674. The summed E-state index contributed by atoms with van der Waals surface area (Å²) in [6.45, 7) is 4.41. The Morgan fingerprint density at radius 1 is 0.773 bits per heavy atom. The van der Waals surface area contributed by atoms with Crippen molar-refractivity contribution in [3.8, 4) is 22.4 Å². The molecule has 3 rings (SSSR count). The van der Waals surface area contributed by atoms with Crippen LogP contribution in [0.25, 0.3) is 22.4 Å². The van der Waals surface area contributed by atoms with Gasteiger partial charge in [0.25, 0.3) is 0 Å². The summed E-state index contributed by atoms with van der Waals surface area (Å²) >= 11 is 0. The molecule has 0 N–H and O–H groups in total. The van der Waals surface area contributed by atoms with Gasteiger partial charge in [-0.15, -0.1) is 0 Å². The lowest BCUT2D eigenvalue weighted by Crippen LogP contribution is -1.98. The van der Waals surface area contributed by atoms with Crippen LogP contribution in [0.5, 0.6) is 0 Å². The molecule has 0 fully saturated rings. The van der Waals surface area contributed by atoms with Crippen molar-refractivity contribution in [2.45, 2.75) is 20.3 Å². The maximum Gasteiger partial charge on any atom is 0.116 e. The summed E-state index contributed by atoms with van der Waals surface area (Å²) in [6, 6.07) is 21.0. The average molecular weight is 288 g/mol. The number of nitrogens with zero attached hydrogens (tertiary/aromatic N) is 2. The second-order valence-electron chi connectivity index (χ2n) is 5.94. The van der Waals surface area contributed by atoms with E-state index >= 15 is 0 Å². The molecule has 0 saturated heterocycles. The van der Waals surface area contributed by atoms with Gasteiger partial charge < -0.3 is 0 Å². The average Bonchev–Trinajstić information content (AvgIpc) is 2.55. The van der Waals surface area contributed by atoms with Gasteiger partial charge in [-0.1, -0.05) is 62.4 Å². The second-order valence-corrected chi connectivity index (χ2v) is 5.94. The molecule has 0 spiro atoms. The first-order valence-corrected chi connectivity index (χ1v) is 7.69. The molecular weight excluding hydrogens is 268 g/mol. The van der Waals surface area contributed by atoms with Crippen LogP contribution >= 0.6 is 0 Å². The number of hydrogen-bond donors (Lipinski definition) is 0. The zero-order valence-corrected chi connectivity index (χ0v) is 13.0. The molecule has 110 valence electrons. The summed E-state index contributed by atoms with van der Waals surface area (Å²) in [5.41, 5.74) is 5.66. The van der Waals surface area contributed by atoms with E-state index in [1.807, 2.05) is 6.07 Å². The van der Waals surface area contributed by atoms with Gasteiger partial charge in [0.15, 0.2) is 0 Å². The molecule has 0 aliphatic carbocycles. The molecule has 0 aliphatic heterocycles. The van der Waals surface area contributed by atoms with Gasteiger partial charge in [-0.05, 0) is 35.6 Å². The minimum atomic E-state index is 0.596. The van der Waals surface area contributed by atoms with Crippen LogP contribution in [-0.2, 0) is 6.42 Å². The zero-order valence-electron chi connectivity index (χ0n) is 13.0. The molecule has 0 saturated carbocycles. The highest BCUT2D eigenvalue weighted by molar-refractivity contribution is 5.71. The van der Waals surface area contributed by atoms with Gasteiger partial charge in [0.1, 0.15) is 6.33 Å². The van der Waals surface area contributed by atoms with Crippen LogP contribution in [-0.4, -0.2) is 9.97 Å². The Balaban J connectivity index is 1.96. The van der Waals surface area contributed by atoms with E-state index in [0.29, 0.717) is 5.92 Å². The van der Waals surface area contributed by atoms with Gasteiger partial charge in [0, 0.05) is 11.3 Å². The zero-order chi connectivity index (χ0) is 15.4. The highest BCUT2D eigenvalue weighted by atomic mass is 14.8. The van der Waals surface area contributed by atoms with E-state index in [4.69, 9.17) is 0 Å². The third-order valence-electron chi connectivity index (χ3n) is 3.61. The van der Waals surface area contributed by atoms with Crippen LogP contribution in [0.2, 0.25) is 0 Å². The first kappa shape index (κ1) is 14.5.